The summed E-state index contributed by atoms with van der Waals surface area (Å²) in [6, 6.07) is 7.82. The monoisotopic (exact) mass is 211 g/mol. The lowest BCUT2D eigenvalue weighted by Gasteiger charge is -2.26. The molecule has 1 aliphatic rings. The van der Waals surface area contributed by atoms with Gasteiger partial charge in [-0.1, -0.05) is 12.1 Å². The second-order valence-corrected chi connectivity index (χ2v) is 8.30. The molecule has 0 saturated carbocycles. The van der Waals surface area contributed by atoms with Gasteiger partial charge in [0.05, 0.1) is 0 Å². The zero-order valence-electron chi connectivity index (χ0n) is 8.82. The van der Waals surface area contributed by atoms with Gasteiger partial charge in [0.1, 0.15) is 5.16 Å². The van der Waals surface area contributed by atoms with E-state index in [4.69, 9.17) is 4.74 Å². The van der Waals surface area contributed by atoms with E-state index in [0.29, 0.717) is 6.35 Å². The Bertz CT molecular complexity index is 357. The van der Waals surface area contributed by atoms with Crippen LogP contribution in [0.5, 0.6) is 5.75 Å². The summed E-state index contributed by atoms with van der Waals surface area (Å²) in [7, 11) is -2.12. The summed E-state index contributed by atoms with van der Waals surface area (Å²) in [5.41, 5.74) is 0. The number of fused-ring (bicyclic) bond motifs is 1. The number of ether oxygens (including phenoxy) is 1. The highest BCUT2D eigenvalue weighted by molar-refractivity contribution is 7.79. The summed E-state index contributed by atoms with van der Waals surface area (Å²) in [5, 5.41) is 0.923. The Balaban J connectivity index is 2.53. The lowest BCUT2D eigenvalue weighted by molar-refractivity contribution is 0.383. The van der Waals surface area contributed by atoms with Crippen molar-refractivity contribution in [2.75, 3.05) is 6.35 Å². The molecule has 3 heteroatoms. The first-order valence-electron chi connectivity index (χ1n) is 4.78. The Morgan fingerprint density at radius 1 is 1.29 bits per heavy atom. The fourth-order valence-corrected chi connectivity index (χ4v) is 4.08. The van der Waals surface area contributed by atoms with Gasteiger partial charge in [-0.15, -0.1) is 0 Å². The molecule has 76 valence electrons. The van der Waals surface area contributed by atoms with Gasteiger partial charge in [0.15, 0.2) is 11.1 Å². The van der Waals surface area contributed by atoms with Crippen LogP contribution in [0.15, 0.2) is 24.3 Å². The van der Waals surface area contributed by atoms with Gasteiger partial charge in [-0.05, 0) is 32.9 Å². The van der Waals surface area contributed by atoms with Crippen molar-refractivity contribution in [3.8, 4) is 5.75 Å². The Morgan fingerprint density at radius 3 is 2.57 bits per heavy atom. The molecule has 2 nitrogen and oxygen atoms in total. The highest BCUT2D eigenvalue weighted by Gasteiger charge is 2.56. The molecule has 1 aliphatic heterocycles. The van der Waals surface area contributed by atoms with Crippen molar-refractivity contribution in [3.05, 3.63) is 24.3 Å². The molecule has 1 N–H and O–H groups in total. The maximum atomic E-state index is 10.7. The smallest absolute Gasteiger partial charge is 0.228 e. The van der Waals surface area contributed by atoms with Gasteiger partial charge < -0.3 is 4.74 Å². The zero-order chi connectivity index (χ0) is 10.4. The predicted octanol–water partition coefficient (Wildman–Crippen LogP) is 2.39. The average Bonchev–Trinajstić information content (AvgIpc) is 2.45. The van der Waals surface area contributed by atoms with Crippen molar-refractivity contribution in [2.24, 2.45) is 0 Å². The lowest BCUT2D eigenvalue weighted by Crippen LogP contribution is -2.27. The van der Waals surface area contributed by atoms with Crippen molar-refractivity contribution in [2.45, 2.75) is 25.9 Å². The van der Waals surface area contributed by atoms with Gasteiger partial charge >= 0.3 is 0 Å². The van der Waals surface area contributed by atoms with Crippen LogP contribution in [0.4, 0.5) is 0 Å². The number of para-hydroxylation sites is 1. The largest absolute Gasteiger partial charge is 0.452 e. The number of hydrogen-bond donors (Lipinski definition) is 1. The predicted molar refractivity (Wildman–Crippen MR) is 60.5 cm³/mol. The van der Waals surface area contributed by atoms with Gasteiger partial charge in [-0.2, -0.15) is 0 Å². The first kappa shape index (κ1) is 9.95. The molecule has 1 aromatic rings. The van der Waals surface area contributed by atoms with Crippen LogP contribution >= 0.6 is 7.49 Å². The third-order valence-corrected chi connectivity index (χ3v) is 6.67. The maximum absolute atomic E-state index is 10.7. The summed E-state index contributed by atoms with van der Waals surface area (Å²) >= 11 is 0. The molecule has 0 saturated heterocycles. The van der Waals surface area contributed by atoms with Crippen LogP contribution < -0.4 is 10.0 Å². The fraction of sp³-hybridized carbons (Fsp3) is 0.455. The second kappa shape index (κ2) is 2.95. The second-order valence-electron chi connectivity index (χ2n) is 4.68. The van der Waals surface area contributed by atoms with Crippen molar-refractivity contribution >= 4 is 12.8 Å². The molecule has 0 spiro atoms. The van der Waals surface area contributed by atoms with Gasteiger partial charge in [-0.3, -0.25) is 0 Å². The van der Waals surface area contributed by atoms with E-state index in [2.05, 4.69) is 20.8 Å². The molecule has 1 atom stereocenters. The van der Waals surface area contributed by atoms with Crippen molar-refractivity contribution in [1.29, 1.82) is 0 Å². The minimum Gasteiger partial charge on any atom is -0.452 e. The molecule has 1 unspecified atom stereocenters. The minimum absolute atomic E-state index is 0.0976. The third kappa shape index (κ3) is 1.25. The molecule has 0 aromatic heterocycles. The van der Waals surface area contributed by atoms with E-state index in [-0.39, 0.29) is 5.16 Å². The van der Waals surface area contributed by atoms with Crippen LogP contribution in [0.3, 0.4) is 0 Å². The highest BCUT2D eigenvalue weighted by Crippen LogP contribution is 2.67. The van der Waals surface area contributed by atoms with E-state index < -0.39 is 7.49 Å². The molecular weight excluding hydrogens is 195 g/mol. The first-order chi connectivity index (χ1) is 6.45. The maximum Gasteiger partial charge on any atom is 0.228 e. The van der Waals surface area contributed by atoms with Crippen LogP contribution in [0, 0.1) is 0 Å². The van der Waals surface area contributed by atoms with Gasteiger partial charge in [-0.25, -0.2) is 4.89 Å². The molecule has 1 aromatic carbocycles. The molecule has 0 bridgehead atoms. The molecule has 2 rings (SSSR count). The van der Waals surface area contributed by atoms with E-state index in [0.717, 1.165) is 11.1 Å². The highest BCUT2D eigenvalue weighted by atomic mass is 31.2. The summed E-state index contributed by atoms with van der Waals surface area (Å²) in [5.74, 6) is 0.859. The summed E-state index contributed by atoms with van der Waals surface area (Å²) in [6.07, 6.45) is 0.468. The topological polar surface area (TPSA) is 29.5 Å². The van der Waals surface area contributed by atoms with E-state index in [1.807, 2.05) is 24.3 Å². The van der Waals surface area contributed by atoms with E-state index in [1.165, 1.54) is 0 Å². The van der Waals surface area contributed by atoms with Crippen LogP contribution in [0.1, 0.15) is 20.8 Å². The van der Waals surface area contributed by atoms with Crippen molar-refractivity contribution in [3.63, 3.8) is 0 Å². The molecule has 1 heterocycles. The Labute approximate surface area is 85.3 Å². The summed E-state index contributed by atoms with van der Waals surface area (Å²) < 4.78 is 5.54. The first-order valence-corrected chi connectivity index (χ1v) is 6.71. The standard InChI is InChI=1S/C11H16O2P/c1-11(2,3)14(12)8-13-9-6-4-5-7-10(9)14/h4-7,12H,8H2,1-3H3/q+1. The van der Waals surface area contributed by atoms with Crippen LogP contribution in [0.25, 0.3) is 0 Å². The quantitative estimate of drug-likeness (QED) is 0.667. The average molecular weight is 211 g/mol. The lowest BCUT2D eigenvalue weighted by atomic mass is 10.3. The Kier molecular flexibility index (Phi) is 2.09. The molecule has 0 radical (unpaired) electrons. The van der Waals surface area contributed by atoms with Gasteiger partial charge in [0.2, 0.25) is 13.8 Å². The summed E-state index contributed by atoms with van der Waals surface area (Å²) in [6.45, 7) is 6.23. The normalized spacial score (nSPS) is 25.7. The van der Waals surface area contributed by atoms with Crippen molar-refractivity contribution < 1.29 is 9.63 Å². The molecular formula is C11H16O2P+. The van der Waals surface area contributed by atoms with E-state index in [1.54, 1.807) is 0 Å². The Hall–Kier alpha value is -0.590. The van der Waals surface area contributed by atoms with Crippen LogP contribution in [-0.2, 0) is 0 Å². The van der Waals surface area contributed by atoms with Gasteiger partial charge in [0.25, 0.3) is 0 Å². The van der Waals surface area contributed by atoms with Crippen LogP contribution in [-0.4, -0.2) is 16.4 Å². The molecule has 0 fully saturated rings. The Morgan fingerprint density at radius 2 is 1.93 bits per heavy atom. The third-order valence-electron chi connectivity index (χ3n) is 2.78. The SMILES string of the molecule is CC(C)(C)[P+]1(O)COc2ccccc21. The van der Waals surface area contributed by atoms with Crippen LogP contribution in [0.2, 0.25) is 0 Å². The zero-order valence-corrected chi connectivity index (χ0v) is 9.71. The van der Waals surface area contributed by atoms with E-state index >= 15 is 0 Å². The number of hydrogen-bond acceptors (Lipinski definition) is 2. The van der Waals surface area contributed by atoms with Gasteiger partial charge in [0, 0.05) is 0 Å². The van der Waals surface area contributed by atoms with Crippen molar-refractivity contribution in [1.82, 2.24) is 0 Å². The number of benzene rings is 1. The molecule has 0 aliphatic carbocycles. The van der Waals surface area contributed by atoms with E-state index in [9.17, 15) is 4.89 Å². The molecule has 0 amide bonds. The fourth-order valence-electron chi connectivity index (χ4n) is 1.67. The number of rotatable bonds is 0. The minimum atomic E-state index is -2.12. The summed E-state index contributed by atoms with van der Waals surface area (Å²) in [4.78, 5) is 10.7. The molecule has 14 heavy (non-hydrogen) atoms.